The van der Waals surface area contributed by atoms with Gasteiger partial charge in [-0.2, -0.15) is 5.10 Å². The molecule has 3 heteroatoms. The maximum atomic E-state index is 10.2. The van der Waals surface area contributed by atoms with Crippen LogP contribution in [0.25, 0.3) is 11.3 Å². The Balaban J connectivity index is 2.63. The van der Waals surface area contributed by atoms with Crippen LogP contribution in [0.3, 0.4) is 0 Å². The highest BCUT2D eigenvalue weighted by molar-refractivity contribution is 5.66. The van der Waals surface area contributed by atoms with Gasteiger partial charge in [0.15, 0.2) is 0 Å². The van der Waals surface area contributed by atoms with E-state index in [4.69, 9.17) is 0 Å². The standard InChI is InChI=1S/C15H20N2O/c1-5-17-15(18)13(10(2)3)14(16-17)12-8-6-7-11(4)9-12/h6-10,18H,5H2,1-4H3. The number of aromatic hydroxyl groups is 1. The molecule has 0 aliphatic rings. The third-order valence-corrected chi connectivity index (χ3v) is 3.13. The van der Waals surface area contributed by atoms with E-state index < -0.39 is 0 Å². The second kappa shape index (κ2) is 4.84. The van der Waals surface area contributed by atoms with Gasteiger partial charge < -0.3 is 5.11 Å². The summed E-state index contributed by atoms with van der Waals surface area (Å²) in [5, 5.41) is 14.7. The van der Waals surface area contributed by atoms with Crippen LogP contribution in [0.5, 0.6) is 5.88 Å². The third-order valence-electron chi connectivity index (χ3n) is 3.13. The van der Waals surface area contributed by atoms with Crippen LogP contribution >= 0.6 is 0 Å². The maximum absolute atomic E-state index is 10.2. The summed E-state index contributed by atoms with van der Waals surface area (Å²) in [5.41, 5.74) is 4.10. The molecule has 0 saturated heterocycles. The average molecular weight is 244 g/mol. The molecule has 0 aliphatic carbocycles. The minimum Gasteiger partial charge on any atom is -0.493 e. The molecular formula is C15H20N2O. The second-order valence-electron chi connectivity index (χ2n) is 4.93. The molecule has 0 unspecified atom stereocenters. The molecule has 18 heavy (non-hydrogen) atoms. The molecule has 0 saturated carbocycles. The zero-order valence-corrected chi connectivity index (χ0v) is 11.4. The van der Waals surface area contributed by atoms with Crippen LogP contribution in [-0.2, 0) is 6.54 Å². The third kappa shape index (κ3) is 2.13. The van der Waals surface area contributed by atoms with Crippen molar-refractivity contribution >= 4 is 0 Å². The Morgan fingerprint density at radius 1 is 1.33 bits per heavy atom. The van der Waals surface area contributed by atoms with E-state index in [2.05, 4.69) is 38.0 Å². The number of nitrogens with zero attached hydrogens (tertiary/aromatic N) is 2. The summed E-state index contributed by atoms with van der Waals surface area (Å²) in [6, 6.07) is 8.24. The van der Waals surface area contributed by atoms with Gasteiger partial charge in [0.25, 0.3) is 0 Å². The van der Waals surface area contributed by atoms with Crippen molar-refractivity contribution in [3.63, 3.8) is 0 Å². The lowest BCUT2D eigenvalue weighted by Crippen LogP contribution is -1.95. The first-order valence-electron chi connectivity index (χ1n) is 6.41. The molecule has 0 aliphatic heterocycles. The zero-order valence-electron chi connectivity index (χ0n) is 11.4. The van der Waals surface area contributed by atoms with Gasteiger partial charge in [-0.15, -0.1) is 0 Å². The highest BCUT2D eigenvalue weighted by Crippen LogP contribution is 2.35. The fraction of sp³-hybridized carbons (Fsp3) is 0.400. The van der Waals surface area contributed by atoms with Crippen molar-refractivity contribution in [2.24, 2.45) is 0 Å². The van der Waals surface area contributed by atoms with Gasteiger partial charge >= 0.3 is 0 Å². The summed E-state index contributed by atoms with van der Waals surface area (Å²) in [5.74, 6) is 0.546. The van der Waals surface area contributed by atoms with E-state index in [9.17, 15) is 5.11 Å². The number of aryl methyl sites for hydroxylation is 2. The number of hydrogen-bond donors (Lipinski definition) is 1. The Morgan fingerprint density at radius 3 is 2.61 bits per heavy atom. The quantitative estimate of drug-likeness (QED) is 0.893. The van der Waals surface area contributed by atoms with Crippen LogP contribution in [0, 0.1) is 6.92 Å². The molecule has 0 spiro atoms. The molecule has 0 radical (unpaired) electrons. The van der Waals surface area contributed by atoms with E-state index in [1.54, 1.807) is 4.68 Å². The van der Waals surface area contributed by atoms with Crippen molar-refractivity contribution in [3.05, 3.63) is 35.4 Å². The van der Waals surface area contributed by atoms with Gasteiger partial charge in [0.05, 0.1) is 5.69 Å². The van der Waals surface area contributed by atoms with Gasteiger partial charge in [0, 0.05) is 17.7 Å². The Bertz CT molecular complexity index is 556. The molecule has 1 heterocycles. The van der Waals surface area contributed by atoms with Crippen LogP contribution in [0.15, 0.2) is 24.3 Å². The first kappa shape index (κ1) is 12.7. The predicted octanol–water partition coefficient (Wildman–Crippen LogP) is 3.71. The lowest BCUT2D eigenvalue weighted by molar-refractivity contribution is 0.398. The first-order chi connectivity index (χ1) is 8.54. The van der Waals surface area contributed by atoms with Crippen molar-refractivity contribution in [2.45, 2.75) is 40.2 Å². The molecule has 1 aromatic carbocycles. The summed E-state index contributed by atoms with van der Waals surface area (Å²) >= 11 is 0. The highest BCUT2D eigenvalue weighted by atomic mass is 16.3. The lowest BCUT2D eigenvalue weighted by Gasteiger charge is -2.06. The smallest absolute Gasteiger partial charge is 0.213 e. The van der Waals surface area contributed by atoms with Gasteiger partial charge in [0.2, 0.25) is 5.88 Å². The van der Waals surface area contributed by atoms with Gasteiger partial charge in [-0.05, 0) is 25.8 Å². The Morgan fingerprint density at radius 2 is 2.06 bits per heavy atom. The highest BCUT2D eigenvalue weighted by Gasteiger charge is 2.20. The normalized spacial score (nSPS) is 11.2. The fourth-order valence-electron chi connectivity index (χ4n) is 2.22. The lowest BCUT2D eigenvalue weighted by atomic mass is 9.98. The van der Waals surface area contributed by atoms with E-state index in [0.717, 1.165) is 16.8 Å². The molecule has 1 aromatic heterocycles. The van der Waals surface area contributed by atoms with Crippen molar-refractivity contribution < 1.29 is 5.11 Å². The second-order valence-corrected chi connectivity index (χ2v) is 4.93. The van der Waals surface area contributed by atoms with Crippen LogP contribution in [0.4, 0.5) is 0 Å². The molecule has 0 amide bonds. The average Bonchev–Trinajstić information content (AvgIpc) is 2.66. The summed E-state index contributed by atoms with van der Waals surface area (Å²) < 4.78 is 1.66. The summed E-state index contributed by atoms with van der Waals surface area (Å²) in [6.45, 7) is 8.88. The molecule has 2 aromatic rings. The molecule has 0 fully saturated rings. The molecular weight excluding hydrogens is 224 g/mol. The SMILES string of the molecule is CCn1nc(-c2cccc(C)c2)c(C(C)C)c1O. The number of hydrogen-bond acceptors (Lipinski definition) is 2. The van der Waals surface area contributed by atoms with E-state index in [1.165, 1.54) is 5.56 Å². The van der Waals surface area contributed by atoms with Crippen LogP contribution < -0.4 is 0 Å². The van der Waals surface area contributed by atoms with Crippen molar-refractivity contribution in [3.8, 4) is 17.1 Å². The van der Waals surface area contributed by atoms with Crippen molar-refractivity contribution in [2.75, 3.05) is 0 Å². The molecule has 0 atom stereocenters. The van der Waals surface area contributed by atoms with Crippen LogP contribution in [0.1, 0.15) is 37.8 Å². The predicted molar refractivity (Wildman–Crippen MR) is 73.8 cm³/mol. The van der Waals surface area contributed by atoms with E-state index in [1.807, 2.05) is 19.1 Å². The maximum Gasteiger partial charge on any atom is 0.213 e. The monoisotopic (exact) mass is 244 g/mol. The first-order valence-corrected chi connectivity index (χ1v) is 6.41. The minimum atomic E-state index is 0.251. The minimum absolute atomic E-state index is 0.251. The fourth-order valence-corrected chi connectivity index (χ4v) is 2.22. The van der Waals surface area contributed by atoms with Gasteiger partial charge in [-0.25, -0.2) is 4.68 Å². The largest absolute Gasteiger partial charge is 0.493 e. The van der Waals surface area contributed by atoms with E-state index in [0.29, 0.717) is 12.4 Å². The van der Waals surface area contributed by atoms with Crippen molar-refractivity contribution in [1.29, 1.82) is 0 Å². The molecule has 0 bridgehead atoms. The molecule has 2 rings (SSSR count). The Kier molecular flexibility index (Phi) is 3.41. The van der Waals surface area contributed by atoms with E-state index in [-0.39, 0.29) is 5.92 Å². The molecule has 3 nitrogen and oxygen atoms in total. The van der Waals surface area contributed by atoms with E-state index >= 15 is 0 Å². The molecule has 96 valence electrons. The summed E-state index contributed by atoms with van der Waals surface area (Å²) in [7, 11) is 0. The van der Waals surface area contributed by atoms with Gasteiger partial charge in [-0.3, -0.25) is 0 Å². The number of rotatable bonds is 3. The summed E-state index contributed by atoms with van der Waals surface area (Å²) in [4.78, 5) is 0. The van der Waals surface area contributed by atoms with Crippen LogP contribution in [0.2, 0.25) is 0 Å². The topological polar surface area (TPSA) is 38.0 Å². The zero-order chi connectivity index (χ0) is 13.3. The molecule has 1 N–H and O–H groups in total. The number of benzene rings is 1. The Hall–Kier alpha value is -1.77. The summed E-state index contributed by atoms with van der Waals surface area (Å²) in [6.07, 6.45) is 0. The number of aromatic nitrogens is 2. The Labute approximate surface area is 108 Å². The van der Waals surface area contributed by atoms with Gasteiger partial charge in [0.1, 0.15) is 0 Å². The van der Waals surface area contributed by atoms with Crippen molar-refractivity contribution in [1.82, 2.24) is 9.78 Å². The van der Waals surface area contributed by atoms with Gasteiger partial charge in [-0.1, -0.05) is 37.6 Å². The van der Waals surface area contributed by atoms with Crippen LogP contribution in [-0.4, -0.2) is 14.9 Å².